The minimum absolute atomic E-state index is 0.687. The van der Waals surface area contributed by atoms with Crippen LogP contribution in [0.1, 0.15) is 19.3 Å². The van der Waals surface area contributed by atoms with Gasteiger partial charge in [0.05, 0.1) is 10.7 Å². The summed E-state index contributed by atoms with van der Waals surface area (Å²) in [6.45, 7) is 2.99. The van der Waals surface area contributed by atoms with Gasteiger partial charge >= 0.3 is 0 Å². The summed E-state index contributed by atoms with van der Waals surface area (Å²) < 4.78 is 0. The van der Waals surface area contributed by atoms with Crippen molar-refractivity contribution in [3.05, 3.63) is 29.3 Å². The number of halogens is 1. The Hall–Kier alpha value is -0.730. The smallest absolute Gasteiger partial charge is 0.0639 e. The third-order valence-electron chi connectivity index (χ3n) is 3.37. The van der Waals surface area contributed by atoms with E-state index in [-0.39, 0.29) is 0 Å². The van der Waals surface area contributed by atoms with Crippen LogP contribution in [-0.4, -0.2) is 19.6 Å². The normalized spacial score (nSPS) is 21.9. The van der Waals surface area contributed by atoms with Crippen molar-refractivity contribution in [2.75, 3.05) is 24.5 Å². The zero-order valence-electron chi connectivity index (χ0n) is 9.53. The first-order valence-corrected chi connectivity index (χ1v) is 6.38. The van der Waals surface area contributed by atoms with Gasteiger partial charge in [-0.3, -0.25) is 0 Å². The molecule has 2 nitrogen and oxygen atoms in total. The Morgan fingerprint density at radius 2 is 2.06 bits per heavy atom. The summed E-state index contributed by atoms with van der Waals surface area (Å²) in [4.78, 5) is 2.39. The molecule has 0 aromatic heterocycles. The Labute approximate surface area is 102 Å². The van der Waals surface area contributed by atoms with E-state index in [4.69, 9.17) is 17.3 Å². The minimum Gasteiger partial charge on any atom is -0.370 e. The molecule has 2 N–H and O–H groups in total. The average molecular weight is 239 g/mol. The Morgan fingerprint density at radius 3 is 2.81 bits per heavy atom. The first-order valence-electron chi connectivity index (χ1n) is 6.01. The van der Waals surface area contributed by atoms with Crippen LogP contribution < -0.4 is 10.6 Å². The Balaban J connectivity index is 2.08. The van der Waals surface area contributed by atoms with Gasteiger partial charge in [-0.05, 0) is 43.9 Å². The lowest BCUT2D eigenvalue weighted by Crippen LogP contribution is -2.25. The summed E-state index contributed by atoms with van der Waals surface area (Å²) in [5.74, 6) is 0.687. The number of para-hydroxylation sites is 1. The van der Waals surface area contributed by atoms with E-state index in [0.29, 0.717) is 5.92 Å². The molecule has 1 atom stereocenters. The monoisotopic (exact) mass is 238 g/mol. The molecule has 1 fully saturated rings. The molecule has 0 amide bonds. The number of nitrogens with two attached hydrogens (primary N) is 1. The quantitative estimate of drug-likeness (QED) is 0.859. The Kier molecular flexibility index (Phi) is 4.08. The van der Waals surface area contributed by atoms with Gasteiger partial charge in [0.1, 0.15) is 0 Å². The number of hydrogen-bond acceptors (Lipinski definition) is 2. The molecule has 0 bridgehead atoms. The predicted octanol–water partition coefficient (Wildman–Crippen LogP) is 2.91. The maximum atomic E-state index is 6.21. The van der Waals surface area contributed by atoms with Crippen molar-refractivity contribution in [1.29, 1.82) is 0 Å². The zero-order valence-corrected chi connectivity index (χ0v) is 10.3. The molecule has 1 unspecified atom stereocenters. The molecular weight excluding hydrogens is 220 g/mol. The minimum atomic E-state index is 0.687. The Morgan fingerprint density at radius 1 is 1.25 bits per heavy atom. The van der Waals surface area contributed by atoms with Crippen LogP contribution in [0.25, 0.3) is 0 Å². The molecule has 1 aromatic carbocycles. The highest BCUT2D eigenvalue weighted by Crippen LogP contribution is 2.28. The highest BCUT2D eigenvalue weighted by atomic mass is 35.5. The van der Waals surface area contributed by atoms with Crippen LogP contribution in [0.4, 0.5) is 5.69 Å². The van der Waals surface area contributed by atoms with Crippen LogP contribution in [0, 0.1) is 5.92 Å². The van der Waals surface area contributed by atoms with Crippen LogP contribution in [0.2, 0.25) is 5.02 Å². The van der Waals surface area contributed by atoms with Gasteiger partial charge in [0, 0.05) is 13.1 Å². The van der Waals surface area contributed by atoms with Crippen molar-refractivity contribution in [3.8, 4) is 0 Å². The van der Waals surface area contributed by atoms with Crippen molar-refractivity contribution in [3.63, 3.8) is 0 Å². The Bertz CT molecular complexity index is 340. The summed E-state index contributed by atoms with van der Waals surface area (Å²) in [6.07, 6.45) is 3.65. The van der Waals surface area contributed by atoms with Gasteiger partial charge in [0.15, 0.2) is 0 Å². The highest BCUT2D eigenvalue weighted by molar-refractivity contribution is 6.33. The topological polar surface area (TPSA) is 29.3 Å². The van der Waals surface area contributed by atoms with Gasteiger partial charge in [0.25, 0.3) is 0 Å². The molecule has 88 valence electrons. The van der Waals surface area contributed by atoms with Crippen LogP contribution in [-0.2, 0) is 0 Å². The second-order valence-electron chi connectivity index (χ2n) is 4.47. The van der Waals surface area contributed by atoms with E-state index in [1.807, 2.05) is 18.2 Å². The van der Waals surface area contributed by atoms with Crippen molar-refractivity contribution in [2.45, 2.75) is 19.3 Å². The second kappa shape index (κ2) is 5.55. The standard InChI is InChI=1S/C13H19ClN2/c14-12-5-1-2-6-13(12)16-8-3-4-11(10-15)7-9-16/h1-2,5-6,11H,3-4,7-10,15H2. The second-order valence-corrected chi connectivity index (χ2v) is 4.88. The van der Waals surface area contributed by atoms with Gasteiger partial charge in [-0.1, -0.05) is 23.7 Å². The first kappa shape index (κ1) is 11.7. The predicted molar refractivity (Wildman–Crippen MR) is 70.1 cm³/mol. The fraction of sp³-hybridized carbons (Fsp3) is 0.538. The lowest BCUT2D eigenvalue weighted by atomic mass is 10.0. The molecule has 0 spiro atoms. The van der Waals surface area contributed by atoms with Crippen LogP contribution in [0.5, 0.6) is 0 Å². The molecule has 0 radical (unpaired) electrons. The number of hydrogen-bond donors (Lipinski definition) is 1. The van der Waals surface area contributed by atoms with Gasteiger partial charge in [-0.15, -0.1) is 0 Å². The van der Waals surface area contributed by atoms with Crippen molar-refractivity contribution < 1.29 is 0 Å². The summed E-state index contributed by atoms with van der Waals surface area (Å²) in [5, 5.41) is 0.855. The van der Waals surface area contributed by atoms with Crippen molar-refractivity contribution in [2.24, 2.45) is 11.7 Å². The van der Waals surface area contributed by atoms with E-state index in [1.54, 1.807) is 0 Å². The van der Waals surface area contributed by atoms with Gasteiger partial charge in [-0.2, -0.15) is 0 Å². The largest absolute Gasteiger partial charge is 0.370 e. The summed E-state index contributed by atoms with van der Waals surface area (Å²) in [5.41, 5.74) is 6.91. The molecule has 0 aliphatic carbocycles. The third-order valence-corrected chi connectivity index (χ3v) is 3.69. The molecule has 1 saturated heterocycles. The highest BCUT2D eigenvalue weighted by Gasteiger charge is 2.17. The van der Waals surface area contributed by atoms with Crippen LogP contribution in [0.15, 0.2) is 24.3 Å². The molecule has 16 heavy (non-hydrogen) atoms. The lowest BCUT2D eigenvalue weighted by Gasteiger charge is -2.23. The zero-order chi connectivity index (χ0) is 11.4. The van der Waals surface area contributed by atoms with Crippen LogP contribution >= 0.6 is 11.6 Å². The number of nitrogens with zero attached hydrogens (tertiary/aromatic N) is 1. The molecule has 1 aromatic rings. The summed E-state index contributed by atoms with van der Waals surface area (Å²) >= 11 is 6.21. The molecule has 2 rings (SSSR count). The fourth-order valence-electron chi connectivity index (χ4n) is 2.35. The summed E-state index contributed by atoms with van der Waals surface area (Å²) in [7, 11) is 0. The molecule has 1 aliphatic heterocycles. The van der Waals surface area contributed by atoms with E-state index in [2.05, 4.69) is 11.0 Å². The average Bonchev–Trinajstić information content (AvgIpc) is 2.55. The summed E-state index contributed by atoms with van der Waals surface area (Å²) in [6, 6.07) is 8.09. The van der Waals surface area contributed by atoms with Crippen molar-refractivity contribution >= 4 is 17.3 Å². The fourth-order valence-corrected chi connectivity index (χ4v) is 2.61. The van der Waals surface area contributed by atoms with Gasteiger partial charge < -0.3 is 10.6 Å². The van der Waals surface area contributed by atoms with Crippen LogP contribution in [0.3, 0.4) is 0 Å². The number of rotatable bonds is 2. The first-order chi connectivity index (χ1) is 7.81. The van der Waals surface area contributed by atoms with E-state index in [0.717, 1.165) is 24.7 Å². The molecule has 1 heterocycles. The maximum absolute atomic E-state index is 6.21. The molecule has 0 saturated carbocycles. The van der Waals surface area contributed by atoms with Gasteiger partial charge in [-0.25, -0.2) is 0 Å². The number of benzene rings is 1. The van der Waals surface area contributed by atoms with Gasteiger partial charge in [0.2, 0.25) is 0 Å². The van der Waals surface area contributed by atoms with Crippen molar-refractivity contribution in [1.82, 2.24) is 0 Å². The maximum Gasteiger partial charge on any atom is 0.0639 e. The molecular formula is C13H19ClN2. The molecule has 1 aliphatic rings. The lowest BCUT2D eigenvalue weighted by molar-refractivity contribution is 0.485. The SMILES string of the molecule is NCC1CCCN(c2ccccc2Cl)CC1. The number of anilines is 1. The van der Waals surface area contributed by atoms with E-state index in [9.17, 15) is 0 Å². The van der Waals surface area contributed by atoms with E-state index < -0.39 is 0 Å². The van der Waals surface area contributed by atoms with E-state index >= 15 is 0 Å². The molecule has 3 heteroatoms. The van der Waals surface area contributed by atoms with E-state index in [1.165, 1.54) is 24.9 Å². The third kappa shape index (κ3) is 2.69.